The van der Waals surface area contributed by atoms with Crippen molar-refractivity contribution in [3.63, 3.8) is 0 Å². The summed E-state index contributed by atoms with van der Waals surface area (Å²) in [5, 5.41) is 11.9. The van der Waals surface area contributed by atoms with Gasteiger partial charge in [-0.2, -0.15) is 5.12 Å². The molecule has 0 fully saturated rings. The molecule has 3 rings (SSSR count). The largest absolute Gasteiger partial charge is 0.505 e. The van der Waals surface area contributed by atoms with Crippen LogP contribution in [0.15, 0.2) is 30.3 Å². The smallest absolute Gasteiger partial charge is 0.145 e. The van der Waals surface area contributed by atoms with Crippen LogP contribution in [0.4, 0.5) is 17.1 Å². The highest BCUT2D eigenvalue weighted by atomic mass is 16.5. The summed E-state index contributed by atoms with van der Waals surface area (Å²) < 4.78 is 5.21. The topological polar surface area (TPSA) is 56.8 Å². The highest BCUT2D eigenvalue weighted by molar-refractivity contribution is 5.82. The summed E-state index contributed by atoms with van der Waals surface area (Å²) in [6.45, 7) is 3.89. The van der Waals surface area contributed by atoms with Crippen LogP contribution < -0.4 is 20.7 Å². The molecule has 20 heavy (non-hydrogen) atoms. The minimum absolute atomic E-state index is 0.260. The van der Waals surface area contributed by atoms with E-state index in [0.29, 0.717) is 5.69 Å². The number of hydrogen-bond donors (Lipinski definition) is 3. The van der Waals surface area contributed by atoms with Crippen LogP contribution in [0, 0.1) is 13.8 Å². The average molecular weight is 271 g/mol. The van der Waals surface area contributed by atoms with Gasteiger partial charge in [-0.25, -0.2) is 0 Å². The molecule has 0 amide bonds. The van der Waals surface area contributed by atoms with Crippen molar-refractivity contribution in [2.75, 3.05) is 23.1 Å². The van der Waals surface area contributed by atoms with E-state index in [9.17, 15) is 5.11 Å². The van der Waals surface area contributed by atoms with Gasteiger partial charge in [-0.3, -0.25) is 10.9 Å². The van der Waals surface area contributed by atoms with Crippen molar-refractivity contribution in [2.24, 2.45) is 0 Å². The zero-order chi connectivity index (χ0) is 14.3. The number of nitrogens with one attached hydrogen (secondary N) is 2. The minimum atomic E-state index is 0.260. The van der Waals surface area contributed by atoms with E-state index in [1.54, 1.807) is 12.2 Å². The molecule has 5 nitrogen and oxygen atoms in total. The third-order valence-electron chi connectivity index (χ3n) is 3.36. The number of hydrogen-bond acceptors (Lipinski definition) is 5. The second-order valence-corrected chi connectivity index (χ2v) is 4.92. The van der Waals surface area contributed by atoms with E-state index in [1.807, 2.05) is 44.2 Å². The molecule has 0 saturated heterocycles. The van der Waals surface area contributed by atoms with Gasteiger partial charge in [-0.1, -0.05) is 6.07 Å². The van der Waals surface area contributed by atoms with E-state index in [0.717, 1.165) is 28.3 Å². The Balaban J connectivity index is 1.96. The third kappa shape index (κ3) is 1.97. The van der Waals surface area contributed by atoms with Crippen LogP contribution in [-0.4, -0.2) is 12.2 Å². The molecule has 0 bridgehead atoms. The van der Waals surface area contributed by atoms with Crippen LogP contribution in [0.3, 0.4) is 0 Å². The summed E-state index contributed by atoms with van der Waals surface area (Å²) in [5.74, 6) is 1.04. The van der Waals surface area contributed by atoms with Crippen LogP contribution in [0.2, 0.25) is 0 Å². The SMILES string of the molecule is COc1ccc2c(c1)NN(c1cc(C)cc(C)c1O)N2. The number of nitrogens with zero attached hydrogens (tertiary/aromatic N) is 1. The predicted octanol–water partition coefficient (Wildman–Crippen LogP) is 3.19. The first-order valence-corrected chi connectivity index (χ1v) is 6.40. The lowest BCUT2D eigenvalue weighted by atomic mass is 10.1. The number of aryl methyl sites for hydroxylation is 2. The molecule has 2 aromatic carbocycles. The van der Waals surface area contributed by atoms with Crippen molar-refractivity contribution in [1.82, 2.24) is 0 Å². The van der Waals surface area contributed by atoms with Gasteiger partial charge in [0.2, 0.25) is 0 Å². The van der Waals surface area contributed by atoms with E-state index in [2.05, 4.69) is 10.9 Å². The number of phenols is 1. The number of fused-ring (bicyclic) bond motifs is 1. The second kappa shape index (κ2) is 4.52. The van der Waals surface area contributed by atoms with Gasteiger partial charge in [0.05, 0.1) is 18.5 Å². The summed E-state index contributed by atoms with van der Waals surface area (Å²) in [6, 6.07) is 9.60. The molecule has 0 atom stereocenters. The first-order chi connectivity index (χ1) is 9.58. The van der Waals surface area contributed by atoms with Gasteiger partial charge in [0.25, 0.3) is 0 Å². The number of anilines is 3. The molecular weight excluding hydrogens is 254 g/mol. The van der Waals surface area contributed by atoms with Gasteiger partial charge in [0, 0.05) is 6.07 Å². The summed E-state index contributed by atoms with van der Waals surface area (Å²) in [5.41, 5.74) is 10.9. The summed E-state index contributed by atoms with van der Waals surface area (Å²) in [7, 11) is 1.64. The van der Waals surface area contributed by atoms with E-state index < -0.39 is 0 Å². The van der Waals surface area contributed by atoms with Gasteiger partial charge in [-0.05, 0) is 43.2 Å². The van der Waals surface area contributed by atoms with Crippen LogP contribution in [0.5, 0.6) is 11.5 Å². The Hall–Kier alpha value is -2.56. The Kier molecular flexibility index (Phi) is 2.82. The van der Waals surface area contributed by atoms with Gasteiger partial charge < -0.3 is 9.84 Å². The monoisotopic (exact) mass is 271 g/mol. The number of aromatic hydroxyl groups is 1. The molecule has 0 radical (unpaired) electrons. The lowest BCUT2D eigenvalue weighted by Gasteiger charge is -2.21. The molecule has 0 aliphatic carbocycles. The van der Waals surface area contributed by atoms with Crippen molar-refractivity contribution >= 4 is 17.1 Å². The first kappa shape index (κ1) is 12.5. The second-order valence-electron chi connectivity index (χ2n) is 4.92. The molecule has 2 aromatic rings. The van der Waals surface area contributed by atoms with Crippen LogP contribution in [0.1, 0.15) is 11.1 Å². The molecule has 1 aliphatic rings. The highest BCUT2D eigenvalue weighted by Crippen LogP contribution is 2.38. The van der Waals surface area contributed by atoms with Crippen molar-refractivity contribution in [3.05, 3.63) is 41.5 Å². The number of phenolic OH excluding ortho intramolecular Hbond substituents is 1. The maximum atomic E-state index is 10.2. The number of ether oxygens (including phenoxy) is 1. The normalized spacial score (nSPS) is 12.7. The van der Waals surface area contributed by atoms with Crippen molar-refractivity contribution in [3.8, 4) is 11.5 Å². The summed E-state index contributed by atoms with van der Waals surface area (Å²) >= 11 is 0. The first-order valence-electron chi connectivity index (χ1n) is 6.40. The van der Waals surface area contributed by atoms with E-state index in [4.69, 9.17) is 4.74 Å². The number of rotatable bonds is 2. The zero-order valence-corrected chi connectivity index (χ0v) is 11.7. The zero-order valence-electron chi connectivity index (χ0n) is 11.7. The standard InChI is InChI=1S/C15H17N3O2/c1-9-6-10(2)15(19)14(7-9)18-16-12-5-4-11(20-3)8-13(12)17-18/h4-8,16-17,19H,1-3H3. The lowest BCUT2D eigenvalue weighted by Crippen LogP contribution is -2.29. The lowest BCUT2D eigenvalue weighted by molar-refractivity contribution is 0.415. The Labute approximate surface area is 117 Å². The fourth-order valence-corrected chi connectivity index (χ4v) is 2.34. The number of hydrazine groups is 2. The summed E-state index contributed by atoms with van der Waals surface area (Å²) in [6.07, 6.45) is 0. The maximum Gasteiger partial charge on any atom is 0.145 e. The summed E-state index contributed by atoms with van der Waals surface area (Å²) in [4.78, 5) is 0. The average Bonchev–Trinajstić information content (AvgIpc) is 2.85. The van der Waals surface area contributed by atoms with E-state index in [-0.39, 0.29) is 5.75 Å². The van der Waals surface area contributed by atoms with Crippen LogP contribution in [0.25, 0.3) is 0 Å². The van der Waals surface area contributed by atoms with E-state index in [1.165, 1.54) is 0 Å². The van der Waals surface area contributed by atoms with Crippen LogP contribution in [-0.2, 0) is 0 Å². The fraction of sp³-hybridized carbons (Fsp3) is 0.200. The Morgan fingerprint density at radius 3 is 2.55 bits per heavy atom. The van der Waals surface area contributed by atoms with Gasteiger partial charge in [0.1, 0.15) is 17.2 Å². The molecule has 0 saturated carbocycles. The predicted molar refractivity (Wildman–Crippen MR) is 80.3 cm³/mol. The number of benzene rings is 2. The maximum absolute atomic E-state index is 10.2. The molecule has 1 aliphatic heterocycles. The minimum Gasteiger partial charge on any atom is -0.505 e. The van der Waals surface area contributed by atoms with Gasteiger partial charge >= 0.3 is 0 Å². The Morgan fingerprint density at radius 2 is 1.80 bits per heavy atom. The molecule has 0 aromatic heterocycles. The van der Waals surface area contributed by atoms with E-state index >= 15 is 0 Å². The van der Waals surface area contributed by atoms with Crippen molar-refractivity contribution in [2.45, 2.75) is 13.8 Å². The van der Waals surface area contributed by atoms with Gasteiger partial charge in [0.15, 0.2) is 0 Å². The molecule has 3 N–H and O–H groups in total. The Morgan fingerprint density at radius 1 is 1.05 bits per heavy atom. The molecule has 0 spiro atoms. The number of methoxy groups -OCH3 is 1. The third-order valence-corrected chi connectivity index (χ3v) is 3.36. The van der Waals surface area contributed by atoms with Gasteiger partial charge in [-0.15, -0.1) is 0 Å². The highest BCUT2D eigenvalue weighted by Gasteiger charge is 2.21. The molecule has 104 valence electrons. The Bertz CT molecular complexity index is 670. The fourth-order valence-electron chi connectivity index (χ4n) is 2.34. The molecule has 5 heteroatoms. The van der Waals surface area contributed by atoms with Crippen molar-refractivity contribution < 1.29 is 9.84 Å². The quantitative estimate of drug-likeness (QED) is 0.783. The molecular formula is C15H17N3O2. The molecule has 0 unspecified atom stereocenters. The molecule has 1 heterocycles. The van der Waals surface area contributed by atoms with Crippen molar-refractivity contribution in [1.29, 1.82) is 0 Å². The van der Waals surface area contributed by atoms with Crippen LogP contribution >= 0.6 is 0 Å².